The molecular formula is C12H14N2O2S. The number of nitrogens with one attached hydrogen (secondary N) is 1. The van der Waals surface area contributed by atoms with Crippen LogP contribution in [0.3, 0.4) is 0 Å². The lowest BCUT2D eigenvalue weighted by Gasteiger charge is -2.04. The molecule has 1 heterocycles. The average molecular weight is 250 g/mol. The van der Waals surface area contributed by atoms with Gasteiger partial charge < -0.3 is 0 Å². The fourth-order valence-corrected chi connectivity index (χ4v) is 3.23. The van der Waals surface area contributed by atoms with Crippen LogP contribution in [0.25, 0.3) is 0 Å². The molecule has 0 aliphatic carbocycles. The Bertz CT molecular complexity index is 596. The summed E-state index contributed by atoms with van der Waals surface area (Å²) >= 11 is 0. The highest BCUT2D eigenvalue weighted by Gasteiger charge is 2.18. The van der Waals surface area contributed by atoms with Gasteiger partial charge in [-0.25, -0.2) is 8.42 Å². The number of aromatic nitrogens is 2. The zero-order valence-corrected chi connectivity index (χ0v) is 10.6. The summed E-state index contributed by atoms with van der Waals surface area (Å²) in [5.41, 5.74) is 2.30. The summed E-state index contributed by atoms with van der Waals surface area (Å²) in [6.45, 7) is 3.63. The van der Waals surface area contributed by atoms with E-state index in [2.05, 4.69) is 10.2 Å². The van der Waals surface area contributed by atoms with E-state index in [1.165, 1.54) is 0 Å². The number of hydrogen-bond donors (Lipinski definition) is 1. The Balaban J connectivity index is 2.37. The standard InChI is InChI=1S/C12H14N2O2S/c1-9-12(10(2)14-13-9)8-17(15,16)11-6-4-3-5-7-11/h3-7H,8H2,1-2H3,(H,13,14). The minimum absolute atomic E-state index is 0.00875. The molecule has 90 valence electrons. The summed E-state index contributed by atoms with van der Waals surface area (Å²) < 4.78 is 24.3. The Morgan fingerprint density at radius 2 is 1.82 bits per heavy atom. The molecule has 0 saturated heterocycles. The van der Waals surface area contributed by atoms with Gasteiger partial charge in [-0.3, -0.25) is 5.10 Å². The van der Waals surface area contributed by atoms with Crippen LogP contribution in [0, 0.1) is 13.8 Å². The van der Waals surface area contributed by atoms with Crippen molar-refractivity contribution in [1.82, 2.24) is 10.2 Å². The summed E-state index contributed by atoms with van der Waals surface area (Å²) in [7, 11) is -3.29. The van der Waals surface area contributed by atoms with Crippen LogP contribution in [0.15, 0.2) is 35.2 Å². The maximum Gasteiger partial charge on any atom is 0.182 e. The van der Waals surface area contributed by atoms with Crippen LogP contribution in [0.4, 0.5) is 0 Å². The molecule has 0 fully saturated rings. The van der Waals surface area contributed by atoms with Crippen molar-refractivity contribution in [2.75, 3.05) is 0 Å². The first-order valence-electron chi connectivity index (χ1n) is 5.29. The maximum absolute atomic E-state index is 12.2. The van der Waals surface area contributed by atoms with Crippen molar-refractivity contribution >= 4 is 9.84 Å². The van der Waals surface area contributed by atoms with Gasteiger partial charge in [-0.1, -0.05) is 18.2 Å². The lowest BCUT2D eigenvalue weighted by molar-refractivity contribution is 0.595. The number of aryl methyl sites for hydroxylation is 2. The van der Waals surface area contributed by atoms with Gasteiger partial charge in [-0.2, -0.15) is 5.10 Å². The largest absolute Gasteiger partial charge is 0.282 e. The Kier molecular flexibility index (Phi) is 3.02. The molecule has 0 aliphatic heterocycles. The molecule has 17 heavy (non-hydrogen) atoms. The normalized spacial score (nSPS) is 11.6. The van der Waals surface area contributed by atoms with E-state index in [4.69, 9.17) is 0 Å². The van der Waals surface area contributed by atoms with E-state index in [1.54, 1.807) is 37.3 Å². The van der Waals surface area contributed by atoms with Crippen LogP contribution in [-0.4, -0.2) is 18.6 Å². The predicted molar refractivity (Wildman–Crippen MR) is 65.4 cm³/mol. The topological polar surface area (TPSA) is 62.8 Å². The minimum atomic E-state index is -3.29. The number of nitrogens with zero attached hydrogens (tertiary/aromatic N) is 1. The zero-order chi connectivity index (χ0) is 12.5. The first-order valence-corrected chi connectivity index (χ1v) is 6.94. The van der Waals surface area contributed by atoms with Crippen molar-refractivity contribution in [3.05, 3.63) is 47.3 Å². The number of hydrogen-bond acceptors (Lipinski definition) is 3. The van der Waals surface area contributed by atoms with E-state index < -0.39 is 9.84 Å². The smallest absolute Gasteiger partial charge is 0.182 e. The summed E-state index contributed by atoms with van der Waals surface area (Å²) in [5, 5.41) is 6.80. The van der Waals surface area contributed by atoms with E-state index in [1.807, 2.05) is 6.92 Å². The molecule has 4 nitrogen and oxygen atoms in total. The highest BCUT2D eigenvalue weighted by Crippen LogP contribution is 2.19. The molecule has 0 spiro atoms. The molecule has 2 rings (SSSR count). The molecule has 0 unspecified atom stereocenters. The van der Waals surface area contributed by atoms with Crippen molar-refractivity contribution in [3.8, 4) is 0 Å². The molecule has 1 aromatic carbocycles. The summed E-state index contributed by atoms with van der Waals surface area (Å²) in [4.78, 5) is 0.347. The van der Waals surface area contributed by atoms with Crippen molar-refractivity contribution in [2.24, 2.45) is 0 Å². The van der Waals surface area contributed by atoms with Gasteiger partial charge in [0.05, 0.1) is 16.3 Å². The second-order valence-corrected chi connectivity index (χ2v) is 5.97. The highest BCUT2D eigenvalue weighted by atomic mass is 32.2. The lowest BCUT2D eigenvalue weighted by Crippen LogP contribution is -2.06. The first kappa shape index (κ1) is 11.9. The van der Waals surface area contributed by atoms with Crippen LogP contribution >= 0.6 is 0 Å². The van der Waals surface area contributed by atoms with Crippen LogP contribution in [0.1, 0.15) is 17.0 Å². The number of sulfone groups is 1. The Morgan fingerprint density at radius 3 is 2.35 bits per heavy atom. The number of aromatic amines is 1. The van der Waals surface area contributed by atoms with Crippen molar-refractivity contribution in [3.63, 3.8) is 0 Å². The molecule has 0 atom stereocenters. The third kappa shape index (κ3) is 2.39. The monoisotopic (exact) mass is 250 g/mol. The Hall–Kier alpha value is -1.62. The molecule has 2 aromatic rings. The fraction of sp³-hybridized carbons (Fsp3) is 0.250. The van der Waals surface area contributed by atoms with Gasteiger partial charge in [-0.05, 0) is 26.0 Å². The molecule has 0 radical (unpaired) electrons. The SMILES string of the molecule is Cc1n[nH]c(C)c1CS(=O)(=O)c1ccccc1. The van der Waals surface area contributed by atoms with Gasteiger partial charge >= 0.3 is 0 Å². The van der Waals surface area contributed by atoms with E-state index in [-0.39, 0.29) is 5.75 Å². The molecule has 1 N–H and O–H groups in total. The van der Waals surface area contributed by atoms with E-state index in [9.17, 15) is 8.42 Å². The predicted octanol–water partition coefficient (Wildman–Crippen LogP) is 2.00. The maximum atomic E-state index is 12.2. The van der Waals surface area contributed by atoms with Crippen molar-refractivity contribution in [2.45, 2.75) is 24.5 Å². The van der Waals surface area contributed by atoms with Crippen LogP contribution < -0.4 is 0 Å². The number of rotatable bonds is 3. The average Bonchev–Trinajstić information content (AvgIpc) is 2.62. The Labute approximate surface area is 101 Å². The highest BCUT2D eigenvalue weighted by molar-refractivity contribution is 7.90. The van der Waals surface area contributed by atoms with Crippen molar-refractivity contribution < 1.29 is 8.42 Å². The molecule has 5 heteroatoms. The molecular weight excluding hydrogens is 236 g/mol. The van der Waals surface area contributed by atoms with Gasteiger partial charge in [0.1, 0.15) is 0 Å². The van der Waals surface area contributed by atoms with Crippen LogP contribution in [0.5, 0.6) is 0 Å². The van der Waals surface area contributed by atoms with Gasteiger partial charge in [0.15, 0.2) is 9.84 Å². The molecule has 0 bridgehead atoms. The second-order valence-electron chi connectivity index (χ2n) is 3.98. The minimum Gasteiger partial charge on any atom is -0.282 e. The Morgan fingerprint density at radius 1 is 1.18 bits per heavy atom. The van der Waals surface area contributed by atoms with E-state index in [0.29, 0.717) is 4.90 Å². The quantitative estimate of drug-likeness (QED) is 0.906. The summed E-state index contributed by atoms with van der Waals surface area (Å²) in [6.07, 6.45) is 0. The van der Waals surface area contributed by atoms with Gasteiger partial charge in [0, 0.05) is 11.3 Å². The van der Waals surface area contributed by atoms with Gasteiger partial charge in [0.25, 0.3) is 0 Å². The van der Waals surface area contributed by atoms with Crippen LogP contribution in [0.2, 0.25) is 0 Å². The molecule has 0 saturated carbocycles. The summed E-state index contributed by atoms with van der Waals surface area (Å²) in [5.74, 6) is -0.00875. The van der Waals surface area contributed by atoms with Gasteiger partial charge in [0.2, 0.25) is 0 Å². The molecule has 0 aliphatic rings. The fourth-order valence-electron chi connectivity index (χ4n) is 1.69. The van der Waals surface area contributed by atoms with Crippen LogP contribution in [-0.2, 0) is 15.6 Å². The van der Waals surface area contributed by atoms with E-state index >= 15 is 0 Å². The molecule has 1 aromatic heterocycles. The third-order valence-corrected chi connectivity index (χ3v) is 4.38. The first-order chi connectivity index (χ1) is 8.00. The summed E-state index contributed by atoms with van der Waals surface area (Å²) in [6, 6.07) is 8.47. The number of H-pyrrole nitrogens is 1. The van der Waals surface area contributed by atoms with Gasteiger partial charge in [-0.15, -0.1) is 0 Å². The van der Waals surface area contributed by atoms with E-state index in [0.717, 1.165) is 17.0 Å². The lowest BCUT2D eigenvalue weighted by atomic mass is 10.2. The second kappa shape index (κ2) is 4.33. The third-order valence-electron chi connectivity index (χ3n) is 2.72. The molecule has 0 amide bonds. The zero-order valence-electron chi connectivity index (χ0n) is 9.77. The number of benzene rings is 1. The van der Waals surface area contributed by atoms with Crippen molar-refractivity contribution in [1.29, 1.82) is 0 Å².